The molecular formula is C11H11N5O2. The number of benzene rings is 1. The van der Waals surface area contributed by atoms with Crippen LogP contribution in [-0.4, -0.2) is 15.1 Å². The molecule has 0 saturated carbocycles. The fourth-order valence-corrected chi connectivity index (χ4v) is 1.46. The average molecular weight is 245 g/mol. The standard InChI is InChI=1S/C11H11N5O2/c12-10-5-6-11(15-14-10)13-7-8-3-1-2-4-9(8)16(17)18/h1-6H,7H2,(H2,12,14)(H,13,15). The summed E-state index contributed by atoms with van der Waals surface area (Å²) in [4.78, 5) is 10.4. The smallest absolute Gasteiger partial charge is 0.274 e. The molecule has 0 bridgehead atoms. The van der Waals surface area contributed by atoms with Crippen LogP contribution in [0.5, 0.6) is 0 Å². The summed E-state index contributed by atoms with van der Waals surface area (Å²) >= 11 is 0. The van der Waals surface area contributed by atoms with Gasteiger partial charge in [-0.15, -0.1) is 10.2 Å². The molecule has 0 atom stereocenters. The highest BCUT2D eigenvalue weighted by Crippen LogP contribution is 2.18. The van der Waals surface area contributed by atoms with Crippen molar-refractivity contribution in [3.05, 3.63) is 52.1 Å². The summed E-state index contributed by atoms with van der Waals surface area (Å²) < 4.78 is 0. The molecule has 2 aromatic rings. The summed E-state index contributed by atoms with van der Waals surface area (Å²) in [6.07, 6.45) is 0. The molecular weight excluding hydrogens is 234 g/mol. The van der Waals surface area contributed by atoms with Crippen molar-refractivity contribution < 1.29 is 4.92 Å². The van der Waals surface area contributed by atoms with Gasteiger partial charge in [0, 0.05) is 18.2 Å². The van der Waals surface area contributed by atoms with Gasteiger partial charge in [0.05, 0.1) is 4.92 Å². The number of anilines is 2. The van der Waals surface area contributed by atoms with Crippen molar-refractivity contribution in [2.75, 3.05) is 11.1 Å². The lowest BCUT2D eigenvalue weighted by Crippen LogP contribution is -2.05. The van der Waals surface area contributed by atoms with Crippen LogP contribution in [0.4, 0.5) is 17.3 Å². The molecule has 0 aliphatic heterocycles. The minimum absolute atomic E-state index is 0.0772. The molecule has 0 amide bonds. The Morgan fingerprint density at radius 1 is 1.22 bits per heavy atom. The van der Waals surface area contributed by atoms with E-state index in [1.165, 1.54) is 6.07 Å². The number of hydrogen-bond donors (Lipinski definition) is 2. The highest BCUT2D eigenvalue weighted by atomic mass is 16.6. The molecule has 7 heteroatoms. The number of para-hydroxylation sites is 1. The third kappa shape index (κ3) is 2.70. The van der Waals surface area contributed by atoms with Gasteiger partial charge in [0.25, 0.3) is 5.69 Å². The predicted octanol–water partition coefficient (Wildman–Crippen LogP) is 1.58. The minimum atomic E-state index is -0.411. The Morgan fingerprint density at radius 2 is 2.00 bits per heavy atom. The van der Waals surface area contributed by atoms with Crippen LogP contribution in [0.3, 0.4) is 0 Å². The van der Waals surface area contributed by atoms with Gasteiger partial charge in [0.1, 0.15) is 11.6 Å². The number of nitrogen functional groups attached to an aromatic ring is 1. The third-order valence-corrected chi connectivity index (χ3v) is 2.33. The van der Waals surface area contributed by atoms with Crippen LogP contribution in [0.2, 0.25) is 0 Å². The Bertz CT molecular complexity index is 556. The molecule has 0 unspecified atom stereocenters. The van der Waals surface area contributed by atoms with Crippen LogP contribution in [0.15, 0.2) is 36.4 Å². The van der Waals surface area contributed by atoms with E-state index in [-0.39, 0.29) is 5.69 Å². The van der Waals surface area contributed by atoms with Gasteiger partial charge in [0.2, 0.25) is 0 Å². The van der Waals surface area contributed by atoms with E-state index in [0.717, 1.165) is 0 Å². The Balaban J connectivity index is 2.10. The highest BCUT2D eigenvalue weighted by Gasteiger charge is 2.11. The van der Waals surface area contributed by atoms with E-state index in [2.05, 4.69) is 15.5 Å². The fourth-order valence-electron chi connectivity index (χ4n) is 1.46. The molecule has 7 nitrogen and oxygen atoms in total. The molecule has 0 aliphatic rings. The van der Waals surface area contributed by atoms with Gasteiger partial charge in [-0.2, -0.15) is 0 Å². The van der Waals surface area contributed by atoms with Crippen molar-refractivity contribution in [3.63, 3.8) is 0 Å². The van der Waals surface area contributed by atoms with Crippen LogP contribution in [0.25, 0.3) is 0 Å². The van der Waals surface area contributed by atoms with Gasteiger partial charge >= 0.3 is 0 Å². The summed E-state index contributed by atoms with van der Waals surface area (Å²) in [6.45, 7) is 0.301. The van der Waals surface area contributed by atoms with Gasteiger partial charge in [-0.3, -0.25) is 10.1 Å². The molecule has 0 radical (unpaired) electrons. The van der Waals surface area contributed by atoms with E-state index in [1.54, 1.807) is 30.3 Å². The SMILES string of the molecule is Nc1ccc(NCc2ccccc2[N+](=O)[O-])nn1. The van der Waals surface area contributed by atoms with Gasteiger partial charge in [-0.25, -0.2) is 0 Å². The van der Waals surface area contributed by atoms with Crippen molar-refractivity contribution in [2.45, 2.75) is 6.54 Å². The molecule has 0 spiro atoms. The van der Waals surface area contributed by atoms with Gasteiger partial charge in [-0.05, 0) is 12.1 Å². The first-order valence-electron chi connectivity index (χ1n) is 5.22. The van der Waals surface area contributed by atoms with Gasteiger partial charge in [0.15, 0.2) is 0 Å². The number of nitro groups is 1. The Labute approximate surface area is 103 Å². The number of nitro benzene ring substituents is 1. The molecule has 0 fully saturated rings. The van der Waals surface area contributed by atoms with Crippen molar-refractivity contribution in [1.29, 1.82) is 0 Å². The monoisotopic (exact) mass is 245 g/mol. The van der Waals surface area contributed by atoms with Gasteiger partial charge < -0.3 is 11.1 Å². The van der Waals surface area contributed by atoms with Crippen LogP contribution in [0.1, 0.15) is 5.56 Å². The number of nitrogens with two attached hydrogens (primary N) is 1. The number of nitrogens with zero attached hydrogens (tertiary/aromatic N) is 3. The number of rotatable bonds is 4. The summed E-state index contributed by atoms with van der Waals surface area (Å²) in [5, 5.41) is 21.3. The lowest BCUT2D eigenvalue weighted by atomic mass is 10.2. The van der Waals surface area contributed by atoms with E-state index >= 15 is 0 Å². The van der Waals surface area contributed by atoms with Crippen LogP contribution in [-0.2, 0) is 6.54 Å². The summed E-state index contributed by atoms with van der Waals surface area (Å²) in [7, 11) is 0. The average Bonchev–Trinajstić information content (AvgIpc) is 2.38. The molecule has 1 aromatic carbocycles. The molecule has 3 N–H and O–H groups in total. The maximum absolute atomic E-state index is 10.8. The maximum Gasteiger partial charge on any atom is 0.274 e. The van der Waals surface area contributed by atoms with Crippen molar-refractivity contribution in [1.82, 2.24) is 10.2 Å². The van der Waals surface area contributed by atoms with E-state index in [4.69, 9.17) is 5.73 Å². The molecule has 18 heavy (non-hydrogen) atoms. The molecule has 0 aliphatic carbocycles. The molecule has 92 valence electrons. The van der Waals surface area contributed by atoms with Crippen LogP contribution >= 0.6 is 0 Å². The summed E-state index contributed by atoms with van der Waals surface area (Å²) in [5.41, 5.74) is 6.07. The Kier molecular flexibility index (Phi) is 3.33. The van der Waals surface area contributed by atoms with Gasteiger partial charge in [-0.1, -0.05) is 18.2 Å². The quantitative estimate of drug-likeness (QED) is 0.625. The van der Waals surface area contributed by atoms with E-state index in [0.29, 0.717) is 23.7 Å². The second-order valence-corrected chi connectivity index (χ2v) is 3.58. The van der Waals surface area contributed by atoms with Crippen molar-refractivity contribution in [2.24, 2.45) is 0 Å². The first-order chi connectivity index (χ1) is 8.66. The second kappa shape index (κ2) is 5.09. The summed E-state index contributed by atoms with van der Waals surface area (Å²) in [5.74, 6) is 0.841. The van der Waals surface area contributed by atoms with E-state index in [1.807, 2.05) is 0 Å². The number of aromatic nitrogens is 2. The first-order valence-corrected chi connectivity index (χ1v) is 5.22. The predicted molar refractivity (Wildman–Crippen MR) is 66.9 cm³/mol. The lowest BCUT2D eigenvalue weighted by Gasteiger charge is -2.05. The zero-order valence-electron chi connectivity index (χ0n) is 9.41. The summed E-state index contributed by atoms with van der Waals surface area (Å²) in [6, 6.07) is 9.80. The zero-order chi connectivity index (χ0) is 13.0. The third-order valence-electron chi connectivity index (χ3n) is 2.33. The minimum Gasteiger partial charge on any atom is -0.382 e. The fraction of sp³-hybridized carbons (Fsp3) is 0.0909. The highest BCUT2D eigenvalue weighted by molar-refractivity contribution is 5.44. The van der Waals surface area contributed by atoms with Crippen LogP contribution < -0.4 is 11.1 Å². The van der Waals surface area contributed by atoms with Crippen molar-refractivity contribution >= 4 is 17.3 Å². The maximum atomic E-state index is 10.8. The molecule has 2 rings (SSSR count). The molecule has 1 aromatic heterocycles. The van der Waals surface area contributed by atoms with Crippen LogP contribution in [0, 0.1) is 10.1 Å². The molecule has 1 heterocycles. The lowest BCUT2D eigenvalue weighted by molar-refractivity contribution is -0.385. The number of nitrogens with one attached hydrogen (secondary N) is 1. The number of hydrogen-bond acceptors (Lipinski definition) is 6. The Hall–Kier alpha value is -2.70. The largest absolute Gasteiger partial charge is 0.382 e. The topological polar surface area (TPSA) is 107 Å². The van der Waals surface area contributed by atoms with E-state index < -0.39 is 4.92 Å². The zero-order valence-corrected chi connectivity index (χ0v) is 9.41. The Morgan fingerprint density at radius 3 is 2.67 bits per heavy atom. The van der Waals surface area contributed by atoms with Crippen molar-refractivity contribution in [3.8, 4) is 0 Å². The molecule has 0 saturated heterocycles. The first kappa shape index (κ1) is 11.8. The normalized spacial score (nSPS) is 10.0. The van der Waals surface area contributed by atoms with E-state index in [9.17, 15) is 10.1 Å². The second-order valence-electron chi connectivity index (χ2n) is 3.58.